The van der Waals surface area contributed by atoms with E-state index in [0.717, 1.165) is 6.42 Å². The van der Waals surface area contributed by atoms with E-state index in [1.807, 2.05) is 6.08 Å². The van der Waals surface area contributed by atoms with Gasteiger partial charge in [0.15, 0.2) is 0 Å². The van der Waals surface area contributed by atoms with Gasteiger partial charge in [-0.1, -0.05) is 45.4 Å². The average Bonchev–Trinajstić information content (AvgIpc) is 2.30. The number of allylic oxidation sites excluding steroid dienone is 5. The number of rotatable bonds is 3. The van der Waals surface area contributed by atoms with E-state index in [2.05, 4.69) is 44.7 Å². The minimum absolute atomic E-state index is 0.607. The minimum Gasteiger partial charge on any atom is -0.117 e. The van der Waals surface area contributed by atoms with Crippen LogP contribution in [0.3, 0.4) is 0 Å². The van der Waals surface area contributed by atoms with Crippen molar-refractivity contribution in [3.63, 3.8) is 0 Å². The maximum Gasteiger partial charge on any atom is -0.00604 e. The maximum absolute atomic E-state index is 3.30. The maximum atomic E-state index is 3.30. The molecule has 0 aliphatic heterocycles. The van der Waals surface area contributed by atoms with E-state index in [4.69, 9.17) is 0 Å². The van der Waals surface area contributed by atoms with Gasteiger partial charge in [0, 0.05) is 0 Å². The van der Waals surface area contributed by atoms with Gasteiger partial charge in [0.25, 0.3) is 0 Å². The highest BCUT2D eigenvalue weighted by Gasteiger charge is 1.99. The van der Waals surface area contributed by atoms with Crippen molar-refractivity contribution in [2.24, 2.45) is 5.92 Å². The Kier molecular flexibility index (Phi) is 3.79. The highest BCUT2D eigenvalue weighted by molar-refractivity contribution is 5.34. The summed E-state index contributed by atoms with van der Waals surface area (Å²) in [7, 11) is 0. The molecule has 1 rings (SSSR count). The summed E-state index contributed by atoms with van der Waals surface area (Å²) in [4.78, 5) is 0. The Hall–Kier alpha value is -1.00. The van der Waals surface area contributed by atoms with Crippen molar-refractivity contribution in [3.05, 3.63) is 41.2 Å². The van der Waals surface area contributed by atoms with Crippen molar-refractivity contribution in [1.29, 1.82) is 0 Å². The summed E-state index contributed by atoms with van der Waals surface area (Å²) in [5.74, 6) is 0.607. The molecule has 0 nitrogen and oxygen atoms in total. The monoisotopic (exact) mass is 174 g/mol. The third kappa shape index (κ3) is 3.08. The molecule has 0 saturated carbocycles. The SMILES string of the molecule is CCCC1=C=CC=C(C(C)C)C=C1. The third-order valence-corrected chi connectivity index (χ3v) is 2.21. The molecule has 0 amide bonds. The molecular weight excluding hydrogens is 156 g/mol. The lowest BCUT2D eigenvalue weighted by atomic mass is 10.0. The van der Waals surface area contributed by atoms with Gasteiger partial charge >= 0.3 is 0 Å². The van der Waals surface area contributed by atoms with Crippen molar-refractivity contribution in [3.8, 4) is 0 Å². The van der Waals surface area contributed by atoms with Crippen LogP contribution < -0.4 is 0 Å². The molecule has 13 heavy (non-hydrogen) atoms. The molecular formula is C13H18. The molecule has 0 aromatic heterocycles. The first kappa shape index (κ1) is 10.1. The predicted molar refractivity (Wildman–Crippen MR) is 58.6 cm³/mol. The summed E-state index contributed by atoms with van der Waals surface area (Å²) in [6.45, 7) is 6.63. The van der Waals surface area contributed by atoms with E-state index in [9.17, 15) is 0 Å². The number of hydrogen-bond acceptors (Lipinski definition) is 0. The molecule has 1 aliphatic carbocycles. The van der Waals surface area contributed by atoms with Crippen LogP contribution in [0.15, 0.2) is 41.2 Å². The van der Waals surface area contributed by atoms with Crippen molar-refractivity contribution in [2.75, 3.05) is 0 Å². The quantitative estimate of drug-likeness (QED) is 0.567. The first-order chi connectivity index (χ1) is 6.24. The van der Waals surface area contributed by atoms with Gasteiger partial charge < -0.3 is 0 Å². The van der Waals surface area contributed by atoms with Gasteiger partial charge in [-0.2, -0.15) is 0 Å². The summed E-state index contributed by atoms with van der Waals surface area (Å²) < 4.78 is 0. The van der Waals surface area contributed by atoms with E-state index in [0.29, 0.717) is 5.92 Å². The second-order valence-electron chi connectivity index (χ2n) is 3.74. The first-order valence-corrected chi connectivity index (χ1v) is 5.08. The topological polar surface area (TPSA) is 0 Å². The van der Waals surface area contributed by atoms with Crippen LogP contribution in [0.25, 0.3) is 0 Å². The number of hydrogen-bond donors (Lipinski definition) is 0. The van der Waals surface area contributed by atoms with Gasteiger partial charge in [0.05, 0.1) is 0 Å². The molecule has 0 radical (unpaired) electrons. The Bertz CT molecular complexity index is 281. The zero-order valence-corrected chi connectivity index (χ0v) is 8.80. The van der Waals surface area contributed by atoms with E-state index in [1.165, 1.54) is 17.6 Å². The van der Waals surface area contributed by atoms with Crippen molar-refractivity contribution < 1.29 is 0 Å². The average molecular weight is 174 g/mol. The van der Waals surface area contributed by atoms with Crippen molar-refractivity contribution in [1.82, 2.24) is 0 Å². The van der Waals surface area contributed by atoms with Crippen LogP contribution in [0.1, 0.15) is 33.6 Å². The fourth-order valence-electron chi connectivity index (χ4n) is 1.36. The van der Waals surface area contributed by atoms with Gasteiger partial charge in [0.2, 0.25) is 0 Å². The molecule has 0 fully saturated rings. The molecule has 0 heterocycles. The molecule has 1 aliphatic rings. The summed E-state index contributed by atoms with van der Waals surface area (Å²) in [5.41, 5.74) is 6.00. The van der Waals surface area contributed by atoms with Crippen LogP contribution in [-0.2, 0) is 0 Å². The Morgan fingerprint density at radius 3 is 2.69 bits per heavy atom. The molecule has 0 saturated heterocycles. The van der Waals surface area contributed by atoms with Crippen LogP contribution >= 0.6 is 0 Å². The molecule has 0 bridgehead atoms. The van der Waals surface area contributed by atoms with Crippen LogP contribution in [-0.4, -0.2) is 0 Å². The summed E-state index contributed by atoms with van der Waals surface area (Å²) in [6.07, 6.45) is 10.9. The zero-order chi connectivity index (χ0) is 9.68. The van der Waals surface area contributed by atoms with Gasteiger partial charge in [-0.3, -0.25) is 0 Å². The summed E-state index contributed by atoms with van der Waals surface area (Å²) in [5, 5.41) is 0. The molecule has 70 valence electrons. The molecule has 0 unspecified atom stereocenters. The standard InChI is InChI=1S/C13H18/c1-4-6-12-7-5-8-13(10-9-12)11(2)3/h5,8-11H,4,6H2,1-3H3. The van der Waals surface area contributed by atoms with Gasteiger partial charge in [-0.25, -0.2) is 0 Å². The minimum atomic E-state index is 0.607. The second-order valence-corrected chi connectivity index (χ2v) is 3.74. The smallest absolute Gasteiger partial charge is 0.00604 e. The molecule has 0 aromatic carbocycles. The van der Waals surface area contributed by atoms with Crippen LogP contribution in [0.2, 0.25) is 0 Å². The molecule has 0 atom stereocenters. The third-order valence-electron chi connectivity index (χ3n) is 2.21. The van der Waals surface area contributed by atoms with Crippen LogP contribution in [0.5, 0.6) is 0 Å². The van der Waals surface area contributed by atoms with Crippen LogP contribution in [0.4, 0.5) is 0 Å². The Morgan fingerprint density at radius 1 is 1.31 bits per heavy atom. The second kappa shape index (κ2) is 4.89. The fourth-order valence-corrected chi connectivity index (χ4v) is 1.36. The fraction of sp³-hybridized carbons (Fsp3) is 0.462. The van der Waals surface area contributed by atoms with E-state index < -0.39 is 0 Å². The van der Waals surface area contributed by atoms with Gasteiger partial charge in [-0.05, 0) is 29.6 Å². The first-order valence-electron chi connectivity index (χ1n) is 5.08. The Morgan fingerprint density at radius 2 is 2.08 bits per heavy atom. The normalized spacial score (nSPS) is 15.7. The lowest BCUT2D eigenvalue weighted by Crippen LogP contribution is -1.88. The van der Waals surface area contributed by atoms with Gasteiger partial charge in [0.1, 0.15) is 0 Å². The van der Waals surface area contributed by atoms with Crippen molar-refractivity contribution in [2.45, 2.75) is 33.6 Å². The predicted octanol–water partition coefficient (Wildman–Crippen LogP) is 4.02. The molecule has 0 heteroatoms. The molecule has 0 N–H and O–H groups in total. The lowest BCUT2D eigenvalue weighted by molar-refractivity contribution is 0.791. The van der Waals surface area contributed by atoms with Crippen LogP contribution in [0, 0.1) is 5.92 Å². The Balaban J connectivity index is 2.74. The summed E-state index contributed by atoms with van der Waals surface area (Å²) in [6, 6.07) is 0. The van der Waals surface area contributed by atoms with E-state index >= 15 is 0 Å². The summed E-state index contributed by atoms with van der Waals surface area (Å²) >= 11 is 0. The zero-order valence-electron chi connectivity index (χ0n) is 8.80. The largest absolute Gasteiger partial charge is 0.117 e. The van der Waals surface area contributed by atoms with Crippen molar-refractivity contribution >= 4 is 0 Å². The molecule has 0 spiro atoms. The van der Waals surface area contributed by atoms with Gasteiger partial charge in [-0.15, -0.1) is 5.73 Å². The Labute approximate surface area is 81.4 Å². The van der Waals surface area contributed by atoms with E-state index in [-0.39, 0.29) is 0 Å². The lowest BCUT2D eigenvalue weighted by Gasteiger charge is -2.03. The highest BCUT2D eigenvalue weighted by Crippen LogP contribution is 2.16. The molecule has 0 aromatic rings. The van der Waals surface area contributed by atoms with E-state index in [1.54, 1.807) is 0 Å². The highest BCUT2D eigenvalue weighted by atomic mass is 14.0.